The van der Waals surface area contributed by atoms with Crippen molar-refractivity contribution in [1.29, 1.82) is 0 Å². The molecule has 2 aromatic heterocycles. The van der Waals surface area contributed by atoms with E-state index in [1.165, 1.54) is 11.7 Å². The number of aryl methyl sites for hydroxylation is 1. The van der Waals surface area contributed by atoms with Crippen LogP contribution >= 0.6 is 12.4 Å². The lowest BCUT2D eigenvalue weighted by atomic mass is 10.2. The number of phenolic OH excluding ortho intramolecular Hbond substituents is 1. The lowest BCUT2D eigenvalue weighted by Crippen LogP contribution is -2.38. The molecule has 0 saturated carbocycles. The third-order valence-electron chi connectivity index (χ3n) is 5.51. The number of aromatic hydroxyl groups is 1. The summed E-state index contributed by atoms with van der Waals surface area (Å²) in [5.41, 5.74) is 0.396. The fraction of sp³-hybridized carbons (Fsp3) is 0.476. The van der Waals surface area contributed by atoms with Crippen LogP contribution in [0.5, 0.6) is 11.5 Å². The van der Waals surface area contributed by atoms with Gasteiger partial charge >= 0.3 is 5.69 Å². The summed E-state index contributed by atoms with van der Waals surface area (Å²) in [6.07, 6.45) is 0.723. The zero-order valence-electron chi connectivity index (χ0n) is 18.2. The zero-order valence-corrected chi connectivity index (χ0v) is 19.0. The molecule has 3 heterocycles. The molecule has 1 fully saturated rings. The van der Waals surface area contributed by atoms with Crippen LogP contribution in [0.3, 0.4) is 0 Å². The number of hydrogen-bond acceptors (Lipinski definition) is 7. The van der Waals surface area contributed by atoms with Gasteiger partial charge < -0.3 is 19.1 Å². The summed E-state index contributed by atoms with van der Waals surface area (Å²) < 4.78 is 13.9. The van der Waals surface area contributed by atoms with Gasteiger partial charge in [0.2, 0.25) is 0 Å². The van der Waals surface area contributed by atoms with Crippen molar-refractivity contribution in [2.45, 2.75) is 26.4 Å². The maximum atomic E-state index is 12.8. The molecule has 3 aromatic rings. The third-order valence-corrected chi connectivity index (χ3v) is 5.51. The minimum Gasteiger partial charge on any atom is -0.504 e. The number of ether oxygens (including phenoxy) is 2. The van der Waals surface area contributed by atoms with Crippen LogP contribution in [0.1, 0.15) is 13.3 Å². The van der Waals surface area contributed by atoms with Gasteiger partial charge in [-0.2, -0.15) is 0 Å². The normalized spacial score (nSPS) is 14.4. The summed E-state index contributed by atoms with van der Waals surface area (Å²) in [6.45, 7) is 6.62. The number of morpholine rings is 1. The van der Waals surface area contributed by atoms with Crippen molar-refractivity contribution in [1.82, 2.24) is 24.0 Å². The highest BCUT2D eigenvalue weighted by molar-refractivity contribution is 5.85. The molecule has 32 heavy (non-hydrogen) atoms. The smallest absolute Gasteiger partial charge is 0.330 e. The molecule has 2 N–H and O–H groups in total. The van der Waals surface area contributed by atoms with Gasteiger partial charge in [-0.1, -0.05) is 6.92 Å². The molecule has 0 atom stereocenters. The number of fused-ring (bicyclic) bond motifs is 1. The molecule has 1 aliphatic rings. The van der Waals surface area contributed by atoms with E-state index in [4.69, 9.17) is 14.5 Å². The van der Waals surface area contributed by atoms with Crippen LogP contribution in [-0.2, 0) is 17.8 Å². The monoisotopic (exact) mass is 465 g/mol. The van der Waals surface area contributed by atoms with Crippen molar-refractivity contribution >= 4 is 23.6 Å². The summed E-state index contributed by atoms with van der Waals surface area (Å²) >= 11 is 0. The molecular weight excluding hydrogens is 438 g/mol. The highest BCUT2D eigenvalue weighted by Gasteiger charge is 2.21. The summed E-state index contributed by atoms with van der Waals surface area (Å²) in [5, 5.41) is 10.3. The van der Waals surface area contributed by atoms with E-state index in [0.29, 0.717) is 61.1 Å². The standard InChI is InChI=1S/C21H27N5O5.ClH/c1-3-6-26-19-17(20(28)23-21(26)29)25(8-7-24-9-11-31-12-10-24)18(22-19)14-4-5-16(30-2)15(27)13-14;/h4-5,13,27H,3,6-12H2,1-2H3,(H,23,28,29);1H. The van der Waals surface area contributed by atoms with Gasteiger partial charge in [0, 0.05) is 38.3 Å². The van der Waals surface area contributed by atoms with Gasteiger partial charge in [0.05, 0.1) is 20.3 Å². The minimum absolute atomic E-state index is 0. The van der Waals surface area contributed by atoms with Gasteiger partial charge in [-0.15, -0.1) is 12.4 Å². The molecule has 174 valence electrons. The molecule has 1 aromatic carbocycles. The molecule has 1 aliphatic heterocycles. The molecule has 4 rings (SSSR count). The van der Waals surface area contributed by atoms with E-state index in [-0.39, 0.29) is 18.2 Å². The Labute approximate surface area is 190 Å². The molecule has 11 heteroatoms. The Morgan fingerprint density at radius 1 is 1.16 bits per heavy atom. The molecule has 0 unspecified atom stereocenters. The lowest BCUT2D eigenvalue weighted by molar-refractivity contribution is 0.0365. The van der Waals surface area contributed by atoms with Crippen LogP contribution < -0.4 is 16.0 Å². The Bertz CT molecular complexity index is 1200. The second-order valence-electron chi connectivity index (χ2n) is 7.51. The largest absolute Gasteiger partial charge is 0.504 e. The van der Waals surface area contributed by atoms with Crippen molar-refractivity contribution in [3.63, 3.8) is 0 Å². The first kappa shape index (κ1) is 23.8. The quantitative estimate of drug-likeness (QED) is 0.542. The maximum Gasteiger partial charge on any atom is 0.330 e. The van der Waals surface area contributed by atoms with E-state index >= 15 is 0 Å². The average molecular weight is 466 g/mol. The number of aromatic amines is 1. The van der Waals surface area contributed by atoms with E-state index in [0.717, 1.165) is 19.5 Å². The number of imidazole rings is 1. The van der Waals surface area contributed by atoms with Crippen molar-refractivity contribution in [3.8, 4) is 22.9 Å². The van der Waals surface area contributed by atoms with E-state index in [9.17, 15) is 14.7 Å². The molecule has 10 nitrogen and oxygen atoms in total. The fourth-order valence-electron chi connectivity index (χ4n) is 3.94. The predicted molar refractivity (Wildman–Crippen MR) is 123 cm³/mol. The summed E-state index contributed by atoms with van der Waals surface area (Å²) in [4.78, 5) is 34.6. The molecule has 0 radical (unpaired) electrons. The number of nitrogens with zero attached hydrogens (tertiary/aromatic N) is 4. The van der Waals surface area contributed by atoms with E-state index in [1.54, 1.807) is 18.2 Å². The summed E-state index contributed by atoms with van der Waals surface area (Å²) in [6, 6.07) is 4.99. The van der Waals surface area contributed by atoms with Crippen LogP contribution in [0.25, 0.3) is 22.6 Å². The number of methoxy groups -OCH3 is 1. The van der Waals surface area contributed by atoms with Gasteiger partial charge in [-0.05, 0) is 24.6 Å². The topological polar surface area (TPSA) is 115 Å². The third kappa shape index (κ3) is 4.52. The van der Waals surface area contributed by atoms with Crippen LogP contribution in [0.4, 0.5) is 0 Å². The van der Waals surface area contributed by atoms with Gasteiger partial charge in [0.1, 0.15) is 5.82 Å². The second-order valence-corrected chi connectivity index (χ2v) is 7.51. The first-order valence-corrected chi connectivity index (χ1v) is 10.4. The Hall–Kier alpha value is -2.82. The fourth-order valence-corrected chi connectivity index (χ4v) is 3.94. The highest BCUT2D eigenvalue weighted by atomic mass is 35.5. The molecule has 0 bridgehead atoms. The Morgan fingerprint density at radius 2 is 1.91 bits per heavy atom. The van der Waals surface area contributed by atoms with Gasteiger partial charge in [-0.3, -0.25) is 19.2 Å². The van der Waals surface area contributed by atoms with Crippen LogP contribution in [0.2, 0.25) is 0 Å². The first-order valence-electron chi connectivity index (χ1n) is 10.4. The predicted octanol–water partition coefficient (Wildman–Crippen LogP) is 1.43. The Balaban J connectivity index is 0.00000289. The second kappa shape index (κ2) is 10.2. The SMILES string of the molecule is CCCn1c(=O)[nH]c(=O)c2c1nc(-c1ccc(OC)c(O)c1)n2CCN1CCOCC1.Cl. The van der Waals surface area contributed by atoms with Crippen LogP contribution in [-0.4, -0.2) is 69.1 Å². The van der Waals surface area contributed by atoms with Gasteiger partial charge in [0.25, 0.3) is 5.56 Å². The molecule has 0 aliphatic carbocycles. The molecule has 0 amide bonds. The van der Waals surface area contributed by atoms with E-state index in [1.807, 2.05) is 11.5 Å². The Morgan fingerprint density at radius 3 is 2.56 bits per heavy atom. The number of benzene rings is 1. The molecule has 0 spiro atoms. The number of H-pyrrole nitrogens is 1. The lowest BCUT2D eigenvalue weighted by Gasteiger charge is -2.26. The van der Waals surface area contributed by atoms with Crippen molar-refractivity contribution in [2.75, 3.05) is 40.0 Å². The van der Waals surface area contributed by atoms with E-state index in [2.05, 4.69) is 9.88 Å². The maximum absolute atomic E-state index is 12.8. The number of hydrogen-bond donors (Lipinski definition) is 2. The molecule has 1 saturated heterocycles. The summed E-state index contributed by atoms with van der Waals surface area (Å²) in [5.74, 6) is 0.842. The number of nitrogens with one attached hydrogen (secondary N) is 1. The number of halogens is 1. The minimum atomic E-state index is -0.471. The van der Waals surface area contributed by atoms with Crippen LogP contribution in [0.15, 0.2) is 27.8 Å². The first-order chi connectivity index (χ1) is 15.0. The summed E-state index contributed by atoms with van der Waals surface area (Å²) in [7, 11) is 1.48. The highest BCUT2D eigenvalue weighted by Crippen LogP contribution is 2.32. The number of aromatic nitrogens is 4. The van der Waals surface area contributed by atoms with Crippen molar-refractivity contribution in [2.24, 2.45) is 0 Å². The van der Waals surface area contributed by atoms with Crippen molar-refractivity contribution < 1.29 is 14.6 Å². The number of phenols is 1. The Kier molecular flexibility index (Phi) is 7.60. The van der Waals surface area contributed by atoms with Gasteiger partial charge in [0.15, 0.2) is 22.7 Å². The van der Waals surface area contributed by atoms with E-state index < -0.39 is 11.2 Å². The zero-order chi connectivity index (χ0) is 22.0. The van der Waals surface area contributed by atoms with Gasteiger partial charge in [-0.25, -0.2) is 9.78 Å². The average Bonchev–Trinajstić information content (AvgIpc) is 3.15. The van der Waals surface area contributed by atoms with Crippen molar-refractivity contribution in [3.05, 3.63) is 39.0 Å². The number of rotatable bonds is 7. The molecular formula is C21H28ClN5O5. The van der Waals surface area contributed by atoms with Crippen LogP contribution in [0, 0.1) is 0 Å².